The Kier molecular flexibility index (Phi) is 6.49. The van der Waals surface area contributed by atoms with E-state index >= 15 is 0 Å². The number of hydrogen-bond donors (Lipinski definition) is 2. The predicted molar refractivity (Wildman–Crippen MR) is 90.3 cm³/mol. The summed E-state index contributed by atoms with van der Waals surface area (Å²) < 4.78 is 0.500. The molecule has 0 bridgehead atoms. The van der Waals surface area contributed by atoms with Crippen LogP contribution in [0.2, 0.25) is 0 Å². The van der Waals surface area contributed by atoms with Crippen molar-refractivity contribution in [1.29, 1.82) is 0 Å². The van der Waals surface area contributed by atoms with E-state index in [9.17, 15) is 24.6 Å². The van der Waals surface area contributed by atoms with Gasteiger partial charge in [-0.15, -0.1) is 0 Å². The van der Waals surface area contributed by atoms with Crippen molar-refractivity contribution in [3.63, 3.8) is 0 Å². The molecule has 2 heterocycles. The summed E-state index contributed by atoms with van der Waals surface area (Å²) in [5.74, 6) is -2.45. The largest absolute Gasteiger partial charge is 1.00 e. The van der Waals surface area contributed by atoms with Gasteiger partial charge < -0.3 is 20.3 Å². The first kappa shape index (κ1) is 20.1. The Morgan fingerprint density at radius 1 is 1.23 bits per heavy atom. The van der Waals surface area contributed by atoms with E-state index in [2.05, 4.69) is 4.98 Å². The molecule has 0 radical (unpaired) electrons. The SMILES string of the molecule is O=C([O-])CNC(=O)c1c(O)sc2cc(-c3cccnc3)ccc2c1=O.[Na+]. The number of carbonyl (C=O) groups excluding carboxylic acids is 2. The molecule has 26 heavy (non-hydrogen) atoms. The minimum atomic E-state index is -1.49. The Labute approximate surface area is 173 Å². The molecule has 0 saturated carbocycles. The van der Waals surface area contributed by atoms with Gasteiger partial charge in [0.05, 0.1) is 12.5 Å². The van der Waals surface area contributed by atoms with E-state index in [1.165, 1.54) is 0 Å². The average molecular weight is 378 g/mol. The maximum atomic E-state index is 12.5. The molecule has 0 aliphatic carbocycles. The minimum Gasteiger partial charge on any atom is -0.548 e. The Hall–Kier alpha value is -2.26. The second kappa shape index (κ2) is 8.41. The second-order valence-electron chi connectivity index (χ2n) is 5.12. The third-order valence-electron chi connectivity index (χ3n) is 3.49. The van der Waals surface area contributed by atoms with Crippen LogP contribution in [0, 0.1) is 0 Å². The van der Waals surface area contributed by atoms with E-state index in [0.29, 0.717) is 4.70 Å². The van der Waals surface area contributed by atoms with E-state index < -0.39 is 34.5 Å². The third kappa shape index (κ3) is 4.10. The molecule has 7 nitrogen and oxygen atoms in total. The fourth-order valence-corrected chi connectivity index (χ4v) is 3.29. The van der Waals surface area contributed by atoms with Crippen LogP contribution in [0.4, 0.5) is 0 Å². The van der Waals surface area contributed by atoms with Crippen molar-refractivity contribution in [2.75, 3.05) is 6.54 Å². The van der Waals surface area contributed by atoms with Gasteiger partial charge in [-0.3, -0.25) is 14.6 Å². The number of carboxylic acid groups (broad SMARTS) is 1. The summed E-state index contributed by atoms with van der Waals surface area (Å²) in [6.45, 7) is -0.750. The molecule has 0 aliphatic rings. The fourth-order valence-electron chi connectivity index (χ4n) is 2.34. The first-order valence-electron chi connectivity index (χ1n) is 7.15. The van der Waals surface area contributed by atoms with Crippen LogP contribution in [-0.2, 0) is 4.79 Å². The molecule has 3 aromatic rings. The fraction of sp³-hybridized carbons (Fsp3) is 0.0588. The van der Waals surface area contributed by atoms with Crippen LogP contribution in [-0.4, -0.2) is 28.5 Å². The van der Waals surface area contributed by atoms with Gasteiger partial charge in [0.15, 0.2) is 5.06 Å². The monoisotopic (exact) mass is 378 g/mol. The molecule has 0 aliphatic heterocycles. The number of aromatic hydroxyl groups is 1. The van der Waals surface area contributed by atoms with E-state index in [-0.39, 0.29) is 34.9 Å². The van der Waals surface area contributed by atoms with Crippen LogP contribution in [0.1, 0.15) is 10.4 Å². The maximum absolute atomic E-state index is 12.5. The quantitative estimate of drug-likeness (QED) is 0.485. The average Bonchev–Trinajstić information content (AvgIpc) is 2.60. The van der Waals surface area contributed by atoms with Gasteiger partial charge in [0.1, 0.15) is 5.56 Å². The van der Waals surface area contributed by atoms with Gasteiger partial charge in [-0.2, -0.15) is 0 Å². The van der Waals surface area contributed by atoms with Crippen LogP contribution in [0.3, 0.4) is 0 Å². The first-order valence-corrected chi connectivity index (χ1v) is 7.97. The summed E-state index contributed by atoms with van der Waals surface area (Å²) in [6, 6.07) is 8.64. The topological polar surface area (TPSA) is 119 Å². The van der Waals surface area contributed by atoms with Gasteiger partial charge in [0.2, 0.25) is 5.43 Å². The van der Waals surface area contributed by atoms with Crippen LogP contribution in [0.25, 0.3) is 21.2 Å². The van der Waals surface area contributed by atoms with Crippen molar-refractivity contribution in [2.24, 2.45) is 0 Å². The van der Waals surface area contributed by atoms with Gasteiger partial charge in [0, 0.05) is 28.0 Å². The predicted octanol–water partition coefficient (Wildman–Crippen LogP) is -2.49. The molecule has 0 saturated heterocycles. The molecule has 126 valence electrons. The molecular weight excluding hydrogens is 367 g/mol. The number of rotatable bonds is 4. The van der Waals surface area contributed by atoms with Gasteiger partial charge in [-0.05, 0) is 23.8 Å². The number of pyridine rings is 1. The first-order chi connectivity index (χ1) is 12.0. The number of benzene rings is 1. The number of carboxylic acids is 1. The number of amides is 1. The molecule has 1 aromatic carbocycles. The summed E-state index contributed by atoms with van der Waals surface area (Å²) >= 11 is 0.865. The maximum Gasteiger partial charge on any atom is 1.00 e. The van der Waals surface area contributed by atoms with E-state index in [1.807, 2.05) is 11.4 Å². The van der Waals surface area contributed by atoms with Crippen molar-refractivity contribution >= 4 is 33.3 Å². The smallest absolute Gasteiger partial charge is 0.548 e. The molecular formula is C17H11N2NaO5S. The second-order valence-corrected chi connectivity index (χ2v) is 6.15. The summed E-state index contributed by atoms with van der Waals surface area (Å²) in [5.41, 5.74) is 0.511. The number of nitrogens with one attached hydrogen (secondary N) is 1. The summed E-state index contributed by atoms with van der Waals surface area (Å²) in [7, 11) is 0. The molecule has 9 heteroatoms. The number of aromatic nitrogens is 1. The number of aliphatic carboxylic acids is 1. The van der Waals surface area contributed by atoms with Crippen LogP contribution in [0.5, 0.6) is 5.06 Å². The van der Waals surface area contributed by atoms with Crippen molar-refractivity contribution < 1.29 is 49.4 Å². The molecule has 0 atom stereocenters. The summed E-state index contributed by atoms with van der Waals surface area (Å²) in [4.78, 5) is 38.9. The summed E-state index contributed by atoms with van der Waals surface area (Å²) in [6.07, 6.45) is 3.32. The number of nitrogens with zero attached hydrogens (tertiary/aromatic N) is 1. The Bertz CT molecular complexity index is 1040. The van der Waals surface area contributed by atoms with Gasteiger partial charge >= 0.3 is 29.6 Å². The Balaban J connectivity index is 0.00000243. The van der Waals surface area contributed by atoms with Crippen LogP contribution in [0.15, 0.2) is 47.5 Å². The van der Waals surface area contributed by atoms with Gasteiger partial charge in [-0.25, -0.2) is 0 Å². The molecule has 0 fully saturated rings. The molecule has 0 unspecified atom stereocenters. The van der Waals surface area contributed by atoms with Crippen LogP contribution >= 0.6 is 11.3 Å². The van der Waals surface area contributed by atoms with Crippen molar-refractivity contribution in [2.45, 2.75) is 0 Å². The Morgan fingerprint density at radius 3 is 2.65 bits per heavy atom. The van der Waals surface area contributed by atoms with E-state index in [1.54, 1.807) is 36.7 Å². The van der Waals surface area contributed by atoms with E-state index in [4.69, 9.17) is 0 Å². The normalized spacial score (nSPS) is 10.2. The number of fused-ring (bicyclic) bond motifs is 1. The standard InChI is InChI=1S/C17H12N2O5S.Na/c20-13(21)8-19-16(23)14-15(22)11-4-3-9(6-12(11)25-17(14)24)10-2-1-5-18-7-10;/h1-7,24H,8H2,(H,19,23)(H,20,21);/q;+1/p-1. The number of hydrogen-bond acceptors (Lipinski definition) is 7. The number of carbonyl (C=O) groups is 2. The molecule has 2 aromatic heterocycles. The van der Waals surface area contributed by atoms with Crippen molar-refractivity contribution in [1.82, 2.24) is 10.3 Å². The zero-order chi connectivity index (χ0) is 18.0. The molecule has 0 spiro atoms. The zero-order valence-corrected chi connectivity index (χ0v) is 16.5. The zero-order valence-electron chi connectivity index (χ0n) is 13.7. The van der Waals surface area contributed by atoms with Gasteiger partial charge in [-0.1, -0.05) is 23.5 Å². The minimum absolute atomic E-state index is 0. The summed E-state index contributed by atoms with van der Waals surface area (Å²) in [5, 5.41) is 22.3. The Morgan fingerprint density at radius 2 is 2.00 bits per heavy atom. The van der Waals surface area contributed by atoms with E-state index in [0.717, 1.165) is 22.5 Å². The molecule has 3 rings (SSSR count). The van der Waals surface area contributed by atoms with Crippen molar-refractivity contribution in [3.8, 4) is 16.2 Å². The van der Waals surface area contributed by atoms with Crippen LogP contribution < -0.4 is 45.4 Å². The van der Waals surface area contributed by atoms with Crippen molar-refractivity contribution in [3.05, 3.63) is 58.5 Å². The van der Waals surface area contributed by atoms with Gasteiger partial charge in [0.25, 0.3) is 5.91 Å². The molecule has 2 N–H and O–H groups in total. The third-order valence-corrected chi connectivity index (χ3v) is 4.44. The molecule has 1 amide bonds.